The molecule has 27 heavy (non-hydrogen) atoms. The van der Waals surface area contributed by atoms with E-state index in [2.05, 4.69) is 46.5 Å². The zero-order valence-electron chi connectivity index (χ0n) is 16.3. The van der Waals surface area contributed by atoms with Gasteiger partial charge in [0.15, 0.2) is 5.96 Å². The molecule has 2 fully saturated rings. The van der Waals surface area contributed by atoms with Crippen LogP contribution in [0.2, 0.25) is 0 Å². The van der Waals surface area contributed by atoms with Gasteiger partial charge in [0.2, 0.25) is 0 Å². The Balaban J connectivity index is 1.53. The summed E-state index contributed by atoms with van der Waals surface area (Å²) < 4.78 is 7.61. The van der Waals surface area contributed by atoms with Crippen LogP contribution in [-0.2, 0) is 11.3 Å². The Hall–Kier alpha value is -2.34. The molecule has 0 bridgehead atoms. The summed E-state index contributed by atoms with van der Waals surface area (Å²) in [6, 6.07) is 10.4. The van der Waals surface area contributed by atoms with E-state index in [1.54, 1.807) is 0 Å². The average molecular weight is 367 g/mol. The van der Waals surface area contributed by atoms with Gasteiger partial charge >= 0.3 is 0 Å². The number of nitrogens with one attached hydrogen (secondary N) is 1. The van der Waals surface area contributed by atoms with E-state index in [9.17, 15) is 0 Å². The number of para-hydroxylation sites is 1. The zero-order chi connectivity index (χ0) is 18.7. The van der Waals surface area contributed by atoms with Gasteiger partial charge in [0.05, 0.1) is 24.5 Å². The molecule has 1 aromatic heterocycles. The van der Waals surface area contributed by atoms with E-state index >= 15 is 0 Å². The number of hydrogen-bond donors (Lipinski definition) is 1. The fourth-order valence-electron chi connectivity index (χ4n) is 4.09. The van der Waals surface area contributed by atoms with E-state index in [1.165, 1.54) is 18.4 Å². The first-order valence-electron chi connectivity index (χ1n) is 9.91. The van der Waals surface area contributed by atoms with Gasteiger partial charge in [0.25, 0.3) is 0 Å². The Kier molecular flexibility index (Phi) is 5.16. The van der Waals surface area contributed by atoms with Crippen molar-refractivity contribution in [2.75, 3.05) is 32.8 Å². The quantitative estimate of drug-likeness (QED) is 0.667. The van der Waals surface area contributed by atoms with Crippen LogP contribution in [0, 0.1) is 12.3 Å². The summed E-state index contributed by atoms with van der Waals surface area (Å²) in [5.41, 5.74) is 3.62. The lowest BCUT2D eigenvalue weighted by Crippen LogP contribution is -2.41. The van der Waals surface area contributed by atoms with Crippen LogP contribution in [0.4, 0.5) is 0 Å². The lowest BCUT2D eigenvalue weighted by atomic mass is 9.87. The number of likely N-dealkylation sites (tertiary alicyclic amines) is 1. The normalized spacial score (nSPS) is 22.7. The summed E-state index contributed by atoms with van der Waals surface area (Å²) in [6.07, 6.45) is 4.37. The van der Waals surface area contributed by atoms with Crippen molar-refractivity contribution >= 4 is 5.96 Å². The molecule has 3 heterocycles. The van der Waals surface area contributed by atoms with Crippen molar-refractivity contribution in [3.05, 3.63) is 47.8 Å². The Morgan fingerprint density at radius 2 is 2.19 bits per heavy atom. The lowest BCUT2D eigenvalue weighted by Gasteiger charge is -2.25. The SMILES string of the molecule is CCNC(=NCc1ccccc1-n1ccc(C)n1)N1CCC2(CCOC2)C1. The second-order valence-electron chi connectivity index (χ2n) is 7.67. The van der Waals surface area contributed by atoms with E-state index in [4.69, 9.17) is 9.73 Å². The Morgan fingerprint density at radius 3 is 2.93 bits per heavy atom. The smallest absolute Gasteiger partial charge is 0.194 e. The van der Waals surface area contributed by atoms with Crippen LogP contribution in [0.5, 0.6) is 0 Å². The van der Waals surface area contributed by atoms with Gasteiger partial charge in [0.1, 0.15) is 0 Å². The van der Waals surface area contributed by atoms with Gasteiger partial charge in [-0.1, -0.05) is 18.2 Å². The number of aryl methyl sites for hydroxylation is 1. The second-order valence-corrected chi connectivity index (χ2v) is 7.67. The Morgan fingerprint density at radius 1 is 1.30 bits per heavy atom. The van der Waals surface area contributed by atoms with Crippen LogP contribution < -0.4 is 5.32 Å². The summed E-state index contributed by atoms with van der Waals surface area (Å²) in [6.45, 7) is 9.53. The number of rotatable bonds is 4. The molecule has 0 saturated carbocycles. The van der Waals surface area contributed by atoms with Gasteiger partial charge in [0, 0.05) is 37.9 Å². The zero-order valence-corrected chi connectivity index (χ0v) is 16.3. The first-order chi connectivity index (χ1) is 13.2. The molecule has 1 aromatic carbocycles. The van der Waals surface area contributed by atoms with Crippen molar-refractivity contribution in [1.29, 1.82) is 0 Å². The Bertz CT molecular complexity index is 806. The highest BCUT2D eigenvalue weighted by Gasteiger charge is 2.42. The van der Waals surface area contributed by atoms with E-state index in [-0.39, 0.29) is 0 Å². The molecule has 0 amide bonds. The van der Waals surface area contributed by atoms with Crippen molar-refractivity contribution in [2.45, 2.75) is 33.2 Å². The maximum absolute atomic E-state index is 5.67. The summed E-state index contributed by atoms with van der Waals surface area (Å²) >= 11 is 0. The molecule has 6 nitrogen and oxygen atoms in total. The van der Waals surface area contributed by atoms with Gasteiger partial charge in [-0.25, -0.2) is 9.67 Å². The minimum Gasteiger partial charge on any atom is -0.381 e. The topological polar surface area (TPSA) is 54.7 Å². The predicted octanol–water partition coefficient (Wildman–Crippen LogP) is 2.76. The summed E-state index contributed by atoms with van der Waals surface area (Å²) in [7, 11) is 0. The van der Waals surface area contributed by atoms with Crippen LogP contribution in [-0.4, -0.2) is 53.5 Å². The summed E-state index contributed by atoms with van der Waals surface area (Å²) in [5.74, 6) is 1.01. The number of aromatic nitrogens is 2. The molecule has 0 radical (unpaired) electrons. The third-order valence-electron chi connectivity index (χ3n) is 5.62. The van der Waals surface area contributed by atoms with Crippen LogP contribution in [0.15, 0.2) is 41.5 Å². The third-order valence-corrected chi connectivity index (χ3v) is 5.62. The number of guanidine groups is 1. The fourth-order valence-corrected chi connectivity index (χ4v) is 4.09. The third kappa shape index (κ3) is 3.86. The number of ether oxygens (including phenoxy) is 1. The molecule has 2 aromatic rings. The summed E-state index contributed by atoms with van der Waals surface area (Å²) in [5, 5.41) is 8.04. The van der Waals surface area contributed by atoms with Gasteiger partial charge < -0.3 is 15.0 Å². The van der Waals surface area contributed by atoms with E-state index in [1.807, 2.05) is 23.9 Å². The number of nitrogens with zero attached hydrogens (tertiary/aromatic N) is 4. The largest absolute Gasteiger partial charge is 0.381 e. The number of benzene rings is 1. The highest BCUT2D eigenvalue weighted by atomic mass is 16.5. The van der Waals surface area contributed by atoms with Crippen LogP contribution in [0.25, 0.3) is 5.69 Å². The molecule has 1 atom stereocenters. The van der Waals surface area contributed by atoms with Crippen molar-refractivity contribution < 1.29 is 4.74 Å². The second kappa shape index (κ2) is 7.72. The molecular weight excluding hydrogens is 338 g/mol. The van der Waals surface area contributed by atoms with Crippen molar-refractivity contribution in [1.82, 2.24) is 20.0 Å². The summed E-state index contributed by atoms with van der Waals surface area (Å²) in [4.78, 5) is 7.36. The van der Waals surface area contributed by atoms with Crippen LogP contribution in [0.3, 0.4) is 0 Å². The Labute approximate surface area is 161 Å². The van der Waals surface area contributed by atoms with E-state index in [0.717, 1.165) is 50.2 Å². The molecule has 1 N–H and O–H groups in total. The number of hydrogen-bond acceptors (Lipinski definition) is 3. The molecule has 144 valence electrons. The first kappa shape index (κ1) is 18.0. The van der Waals surface area contributed by atoms with Gasteiger partial charge in [-0.2, -0.15) is 5.10 Å². The van der Waals surface area contributed by atoms with E-state index < -0.39 is 0 Å². The lowest BCUT2D eigenvalue weighted by molar-refractivity contribution is 0.156. The average Bonchev–Trinajstić information content (AvgIpc) is 3.42. The highest BCUT2D eigenvalue weighted by molar-refractivity contribution is 5.80. The minimum atomic E-state index is 0.334. The molecular formula is C21H29N5O. The molecule has 2 saturated heterocycles. The minimum absolute atomic E-state index is 0.334. The van der Waals surface area contributed by atoms with Crippen LogP contribution in [0.1, 0.15) is 31.0 Å². The molecule has 1 unspecified atom stereocenters. The van der Waals surface area contributed by atoms with Crippen LogP contribution >= 0.6 is 0 Å². The predicted molar refractivity (Wildman–Crippen MR) is 107 cm³/mol. The van der Waals surface area contributed by atoms with E-state index in [0.29, 0.717) is 12.0 Å². The van der Waals surface area contributed by atoms with Crippen molar-refractivity contribution in [2.24, 2.45) is 10.4 Å². The van der Waals surface area contributed by atoms with Gasteiger partial charge in [-0.15, -0.1) is 0 Å². The highest BCUT2D eigenvalue weighted by Crippen LogP contribution is 2.38. The monoisotopic (exact) mass is 367 g/mol. The fraction of sp³-hybridized carbons (Fsp3) is 0.524. The maximum atomic E-state index is 5.67. The molecule has 1 spiro atoms. The first-order valence-corrected chi connectivity index (χ1v) is 9.91. The molecule has 4 rings (SSSR count). The molecule has 6 heteroatoms. The van der Waals surface area contributed by atoms with Gasteiger partial charge in [-0.3, -0.25) is 0 Å². The van der Waals surface area contributed by atoms with Crippen molar-refractivity contribution in [3.8, 4) is 5.69 Å². The van der Waals surface area contributed by atoms with Crippen molar-refractivity contribution in [3.63, 3.8) is 0 Å². The van der Waals surface area contributed by atoms with Gasteiger partial charge in [-0.05, 0) is 44.4 Å². The maximum Gasteiger partial charge on any atom is 0.194 e. The standard InChI is InChI=1S/C21H29N5O/c1-3-22-20(25-12-9-21(15-25)10-13-27-16-21)23-14-18-6-4-5-7-19(18)26-11-8-17(2)24-26/h4-8,11H,3,9-10,12-16H2,1-2H3,(H,22,23). The molecule has 0 aliphatic carbocycles. The molecule has 2 aliphatic rings. The molecule has 2 aliphatic heterocycles. The number of aliphatic imine (C=N–C) groups is 1.